The van der Waals surface area contributed by atoms with Crippen LogP contribution in [0.5, 0.6) is 0 Å². The first-order valence-corrected chi connectivity index (χ1v) is 12.7. The molecule has 0 fully saturated rings. The van der Waals surface area contributed by atoms with E-state index in [0.29, 0.717) is 0 Å². The summed E-state index contributed by atoms with van der Waals surface area (Å²) in [7, 11) is 0. The minimum atomic E-state index is 1.22. The van der Waals surface area contributed by atoms with Gasteiger partial charge in [0, 0.05) is 0 Å². The molecule has 4 aromatic carbocycles. The Balaban J connectivity index is 0.000000894. The van der Waals surface area contributed by atoms with E-state index in [2.05, 4.69) is 123 Å². The van der Waals surface area contributed by atoms with E-state index in [-0.39, 0.29) is 0 Å². The topological polar surface area (TPSA) is 0 Å². The van der Waals surface area contributed by atoms with Gasteiger partial charge in [-0.1, -0.05) is 162 Å². The van der Waals surface area contributed by atoms with Crippen LogP contribution in [0, 0.1) is 13.8 Å². The highest BCUT2D eigenvalue weighted by Crippen LogP contribution is 2.26. The normalized spacial score (nSPS) is 10.1. The SMILES string of the molecule is CC.CC.CC.Cc1ccc(/C=C\c2ccc(/C=C\c3ccc(C)cc3)c3ccccc23)cc1. The molecule has 0 atom stereocenters. The highest BCUT2D eigenvalue weighted by atomic mass is 14.1. The minimum Gasteiger partial charge on any atom is -0.0683 e. The summed E-state index contributed by atoms with van der Waals surface area (Å²) < 4.78 is 0. The third-order valence-corrected chi connectivity index (χ3v) is 5.06. The van der Waals surface area contributed by atoms with E-state index >= 15 is 0 Å². The zero-order chi connectivity index (χ0) is 25.3. The summed E-state index contributed by atoms with van der Waals surface area (Å²) in [5.74, 6) is 0. The molecule has 0 nitrogen and oxygen atoms in total. The standard InChI is InChI=1S/C28H24.3C2H6/c1-21-7-11-23(12-8-21)15-17-25-19-20-26(28-6-4-3-5-27(25)28)18-16-24-13-9-22(2)10-14-24;3*1-2/h3-20H,1-2H3;3*1-2H3/b17-15-,18-16-;;;. The minimum absolute atomic E-state index is 1.22. The van der Waals surface area contributed by atoms with Gasteiger partial charge < -0.3 is 0 Å². The Kier molecular flexibility index (Phi) is 13.7. The summed E-state index contributed by atoms with van der Waals surface area (Å²) in [6, 6.07) is 30.3. The fourth-order valence-electron chi connectivity index (χ4n) is 3.36. The number of benzene rings is 4. The van der Waals surface area contributed by atoms with Gasteiger partial charge in [-0.3, -0.25) is 0 Å². The Labute approximate surface area is 208 Å². The predicted octanol–water partition coefficient (Wildman–Crippen LogP) is 10.9. The molecule has 0 saturated heterocycles. The molecule has 4 aromatic rings. The molecule has 0 aliphatic carbocycles. The maximum Gasteiger partial charge on any atom is -0.0105 e. The van der Waals surface area contributed by atoms with E-state index in [1.54, 1.807) is 0 Å². The number of hydrogen-bond acceptors (Lipinski definition) is 0. The van der Waals surface area contributed by atoms with Gasteiger partial charge in [-0.2, -0.15) is 0 Å². The van der Waals surface area contributed by atoms with Crippen LogP contribution in [0.25, 0.3) is 35.1 Å². The number of rotatable bonds is 4. The molecule has 178 valence electrons. The zero-order valence-corrected chi connectivity index (χ0v) is 22.4. The second-order valence-electron chi connectivity index (χ2n) is 7.28. The van der Waals surface area contributed by atoms with Gasteiger partial charge in [0.15, 0.2) is 0 Å². The van der Waals surface area contributed by atoms with Crippen molar-refractivity contribution in [2.45, 2.75) is 55.4 Å². The maximum atomic E-state index is 2.21. The molecule has 0 saturated carbocycles. The molecular formula is C34H42. The Morgan fingerprint density at radius 2 is 0.706 bits per heavy atom. The lowest BCUT2D eigenvalue weighted by atomic mass is 9.98. The Hall–Kier alpha value is -3.38. The molecule has 0 N–H and O–H groups in total. The van der Waals surface area contributed by atoms with Crippen molar-refractivity contribution in [1.29, 1.82) is 0 Å². The summed E-state index contributed by atoms with van der Waals surface area (Å²) >= 11 is 0. The van der Waals surface area contributed by atoms with E-state index in [9.17, 15) is 0 Å². The Morgan fingerprint density at radius 3 is 1.03 bits per heavy atom. The molecule has 0 bridgehead atoms. The summed E-state index contributed by atoms with van der Waals surface area (Å²) in [6.45, 7) is 16.2. The first kappa shape index (κ1) is 28.7. The molecule has 0 aromatic heterocycles. The third kappa shape index (κ3) is 8.52. The van der Waals surface area contributed by atoms with E-state index in [4.69, 9.17) is 0 Å². The van der Waals surface area contributed by atoms with E-state index in [1.807, 2.05) is 41.5 Å². The lowest BCUT2D eigenvalue weighted by Gasteiger charge is -2.07. The van der Waals surface area contributed by atoms with Crippen molar-refractivity contribution in [3.05, 3.63) is 118 Å². The second-order valence-corrected chi connectivity index (χ2v) is 7.28. The molecule has 0 unspecified atom stereocenters. The molecule has 0 aliphatic heterocycles. The maximum absolute atomic E-state index is 2.21. The van der Waals surface area contributed by atoms with Crippen LogP contribution in [0.4, 0.5) is 0 Å². The van der Waals surface area contributed by atoms with Gasteiger partial charge in [0.1, 0.15) is 0 Å². The molecule has 0 aliphatic rings. The molecule has 0 heterocycles. The third-order valence-electron chi connectivity index (χ3n) is 5.06. The molecule has 34 heavy (non-hydrogen) atoms. The van der Waals surface area contributed by atoms with Crippen LogP contribution in [0.3, 0.4) is 0 Å². The highest BCUT2D eigenvalue weighted by Gasteiger charge is 2.02. The fourth-order valence-corrected chi connectivity index (χ4v) is 3.36. The fraction of sp³-hybridized carbons (Fsp3) is 0.235. The van der Waals surface area contributed by atoms with Crippen molar-refractivity contribution in [1.82, 2.24) is 0 Å². The number of hydrogen-bond donors (Lipinski definition) is 0. The summed E-state index contributed by atoms with van der Waals surface area (Å²) in [4.78, 5) is 0. The van der Waals surface area contributed by atoms with Crippen LogP contribution < -0.4 is 0 Å². The van der Waals surface area contributed by atoms with Gasteiger partial charge in [-0.25, -0.2) is 0 Å². The van der Waals surface area contributed by atoms with Crippen LogP contribution in [-0.2, 0) is 0 Å². The van der Waals surface area contributed by atoms with Gasteiger partial charge in [-0.15, -0.1) is 0 Å². The van der Waals surface area contributed by atoms with Crippen molar-refractivity contribution >= 4 is 35.1 Å². The molecule has 4 rings (SSSR count). The average molecular weight is 451 g/mol. The van der Waals surface area contributed by atoms with Crippen molar-refractivity contribution in [2.75, 3.05) is 0 Å². The summed E-state index contributed by atoms with van der Waals surface area (Å²) in [5.41, 5.74) is 7.49. The van der Waals surface area contributed by atoms with Gasteiger partial charge in [0.05, 0.1) is 0 Å². The molecule has 0 heteroatoms. The van der Waals surface area contributed by atoms with E-state index in [0.717, 1.165) is 0 Å². The van der Waals surface area contributed by atoms with Crippen molar-refractivity contribution < 1.29 is 0 Å². The molecule has 0 radical (unpaired) electrons. The first-order valence-electron chi connectivity index (χ1n) is 12.7. The van der Waals surface area contributed by atoms with Crippen LogP contribution in [0.2, 0.25) is 0 Å². The zero-order valence-electron chi connectivity index (χ0n) is 22.4. The highest BCUT2D eigenvalue weighted by molar-refractivity contribution is 5.99. The van der Waals surface area contributed by atoms with Gasteiger partial charge in [0.2, 0.25) is 0 Å². The number of aryl methyl sites for hydroxylation is 2. The largest absolute Gasteiger partial charge is 0.0683 e. The molecule has 0 spiro atoms. The average Bonchev–Trinajstić information content (AvgIpc) is 2.92. The van der Waals surface area contributed by atoms with E-state index < -0.39 is 0 Å². The lowest BCUT2D eigenvalue weighted by molar-refractivity contribution is 1.46. The van der Waals surface area contributed by atoms with Crippen LogP contribution in [0.1, 0.15) is 74.9 Å². The smallest absolute Gasteiger partial charge is 0.0105 e. The number of fused-ring (bicyclic) bond motifs is 1. The first-order chi connectivity index (χ1) is 16.7. The quantitative estimate of drug-likeness (QED) is 0.271. The van der Waals surface area contributed by atoms with Crippen molar-refractivity contribution in [3.8, 4) is 0 Å². The van der Waals surface area contributed by atoms with Crippen LogP contribution >= 0.6 is 0 Å². The lowest BCUT2D eigenvalue weighted by Crippen LogP contribution is -1.83. The second kappa shape index (κ2) is 16.3. The summed E-state index contributed by atoms with van der Waals surface area (Å²) in [6.07, 6.45) is 8.78. The molecule has 0 amide bonds. The van der Waals surface area contributed by atoms with Crippen molar-refractivity contribution in [3.63, 3.8) is 0 Å². The van der Waals surface area contributed by atoms with E-state index in [1.165, 1.54) is 44.2 Å². The summed E-state index contributed by atoms with van der Waals surface area (Å²) in [5, 5.41) is 2.55. The molecular weight excluding hydrogens is 408 g/mol. The van der Waals surface area contributed by atoms with Crippen LogP contribution in [-0.4, -0.2) is 0 Å². The predicted molar refractivity (Wildman–Crippen MR) is 158 cm³/mol. The van der Waals surface area contributed by atoms with Gasteiger partial charge in [0.25, 0.3) is 0 Å². The van der Waals surface area contributed by atoms with Gasteiger partial charge >= 0.3 is 0 Å². The Morgan fingerprint density at radius 1 is 0.382 bits per heavy atom. The van der Waals surface area contributed by atoms with Gasteiger partial charge in [-0.05, 0) is 46.9 Å². The monoisotopic (exact) mass is 450 g/mol. The van der Waals surface area contributed by atoms with Crippen molar-refractivity contribution in [2.24, 2.45) is 0 Å². The Bertz CT molecular complexity index is 1050. The van der Waals surface area contributed by atoms with Crippen LogP contribution in [0.15, 0.2) is 84.9 Å².